The van der Waals surface area contributed by atoms with Crippen LogP contribution in [0.25, 0.3) is 0 Å². The molecule has 1 aromatic carbocycles. The van der Waals surface area contributed by atoms with E-state index >= 15 is 0 Å². The number of aliphatic hydroxyl groups is 1. The molecule has 1 unspecified atom stereocenters. The van der Waals surface area contributed by atoms with Gasteiger partial charge in [-0.15, -0.1) is 0 Å². The van der Waals surface area contributed by atoms with Crippen molar-refractivity contribution >= 4 is 11.6 Å². The van der Waals surface area contributed by atoms with Crippen molar-refractivity contribution in [1.29, 1.82) is 0 Å². The van der Waals surface area contributed by atoms with Crippen molar-refractivity contribution in [3.05, 3.63) is 64.9 Å². The number of nitrogens with zero attached hydrogens (tertiary/aromatic N) is 1. The lowest BCUT2D eigenvalue weighted by Crippen LogP contribution is -2.28. The molecule has 0 aliphatic carbocycles. The third-order valence-electron chi connectivity index (χ3n) is 3.31. The van der Waals surface area contributed by atoms with Gasteiger partial charge < -0.3 is 5.11 Å². The molecule has 1 N–H and O–H groups in total. The minimum absolute atomic E-state index is 0.506. The Bertz CT molecular complexity index is 529. The summed E-state index contributed by atoms with van der Waals surface area (Å²) in [5.74, 6) is 0. The van der Waals surface area contributed by atoms with Gasteiger partial charge in [-0.05, 0) is 23.6 Å². The normalized spacial score (nSPS) is 14.1. The monoisotopic (exact) mass is 275 g/mol. The van der Waals surface area contributed by atoms with Gasteiger partial charge in [0.05, 0.1) is 10.6 Å². The number of rotatable bonds is 5. The van der Waals surface area contributed by atoms with Crippen LogP contribution in [0.3, 0.4) is 0 Å². The van der Waals surface area contributed by atoms with Gasteiger partial charge in [0.25, 0.3) is 0 Å². The Hall–Kier alpha value is -1.38. The molecule has 1 aromatic heterocycles. The van der Waals surface area contributed by atoms with Gasteiger partial charge in [0.2, 0.25) is 0 Å². The van der Waals surface area contributed by atoms with Crippen molar-refractivity contribution in [2.24, 2.45) is 0 Å². The van der Waals surface area contributed by atoms with E-state index in [0.29, 0.717) is 17.9 Å². The van der Waals surface area contributed by atoms with E-state index in [-0.39, 0.29) is 0 Å². The fourth-order valence-corrected chi connectivity index (χ4v) is 2.55. The van der Waals surface area contributed by atoms with E-state index in [1.165, 1.54) is 0 Å². The van der Waals surface area contributed by atoms with E-state index in [9.17, 15) is 5.11 Å². The van der Waals surface area contributed by atoms with Gasteiger partial charge in [-0.3, -0.25) is 4.98 Å². The zero-order valence-electron chi connectivity index (χ0n) is 11.0. The third-order valence-corrected chi connectivity index (χ3v) is 3.65. The maximum absolute atomic E-state index is 11.0. The molecule has 0 saturated heterocycles. The fraction of sp³-hybridized carbons (Fsp3) is 0.312. The van der Waals surface area contributed by atoms with Crippen LogP contribution < -0.4 is 0 Å². The molecule has 0 saturated carbocycles. The molecule has 2 rings (SSSR count). The summed E-state index contributed by atoms with van der Waals surface area (Å²) < 4.78 is 0. The Balaban J connectivity index is 2.33. The molecule has 19 heavy (non-hydrogen) atoms. The summed E-state index contributed by atoms with van der Waals surface area (Å²) in [4.78, 5) is 3.98. The van der Waals surface area contributed by atoms with Gasteiger partial charge in [-0.25, -0.2) is 0 Å². The van der Waals surface area contributed by atoms with E-state index in [1.807, 2.05) is 36.4 Å². The van der Waals surface area contributed by atoms with E-state index < -0.39 is 5.60 Å². The van der Waals surface area contributed by atoms with Gasteiger partial charge in [0.1, 0.15) is 0 Å². The Kier molecular flexibility index (Phi) is 4.56. The first-order chi connectivity index (χ1) is 9.15. The second-order valence-corrected chi connectivity index (χ2v) is 5.20. The van der Waals surface area contributed by atoms with E-state index in [1.54, 1.807) is 12.4 Å². The van der Waals surface area contributed by atoms with Crippen LogP contribution in [0.15, 0.2) is 48.8 Å². The van der Waals surface area contributed by atoms with Crippen LogP contribution in [0.1, 0.15) is 30.9 Å². The zero-order chi connectivity index (χ0) is 13.7. The Morgan fingerprint density at radius 2 is 1.95 bits per heavy atom. The maximum Gasteiger partial charge on any atom is 0.0937 e. The minimum atomic E-state index is -0.874. The summed E-state index contributed by atoms with van der Waals surface area (Å²) in [6.07, 6.45) is 5.45. The predicted octanol–water partition coefficient (Wildman–Crippen LogP) is 3.97. The summed E-state index contributed by atoms with van der Waals surface area (Å²) in [5, 5.41) is 11.6. The zero-order valence-corrected chi connectivity index (χ0v) is 11.8. The molecule has 2 aromatic rings. The second kappa shape index (κ2) is 6.18. The Morgan fingerprint density at radius 1 is 1.21 bits per heavy atom. The molecule has 0 aliphatic rings. The molecule has 0 aliphatic heterocycles. The van der Waals surface area contributed by atoms with Gasteiger partial charge in [0.15, 0.2) is 0 Å². The van der Waals surface area contributed by atoms with Crippen molar-refractivity contribution in [1.82, 2.24) is 4.98 Å². The molecule has 0 bridgehead atoms. The highest BCUT2D eigenvalue weighted by molar-refractivity contribution is 6.31. The second-order valence-electron chi connectivity index (χ2n) is 4.79. The van der Waals surface area contributed by atoms with Gasteiger partial charge >= 0.3 is 0 Å². The molecular weight excluding hydrogens is 258 g/mol. The lowest BCUT2D eigenvalue weighted by atomic mass is 9.84. The van der Waals surface area contributed by atoms with Crippen molar-refractivity contribution < 1.29 is 5.11 Å². The van der Waals surface area contributed by atoms with Gasteiger partial charge in [0, 0.05) is 18.8 Å². The predicted molar refractivity (Wildman–Crippen MR) is 78.2 cm³/mol. The lowest BCUT2D eigenvalue weighted by molar-refractivity contribution is 0.0269. The largest absolute Gasteiger partial charge is 0.385 e. The molecule has 2 nitrogen and oxygen atoms in total. The maximum atomic E-state index is 11.0. The number of halogens is 1. The standard InChI is InChI=1S/C16H18ClNO/c1-2-9-16(19,14-6-4-3-5-7-14)11-13-8-10-18-12-15(13)17/h3-8,10,12,19H,2,9,11H2,1H3. The Labute approximate surface area is 119 Å². The van der Waals surface area contributed by atoms with Crippen molar-refractivity contribution in [2.75, 3.05) is 0 Å². The first-order valence-electron chi connectivity index (χ1n) is 6.52. The molecule has 0 amide bonds. The summed E-state index contributed by atoms with van der Waals surface area (Å²) in [7, 11) is 0. The average molecular weight is 276 g/mol. The minimum Gasteiger partial charge on any atom is -0.385 e. The molecule has 0 fully saturated rings. The van der Waals surface area contributed by atoms with Crippen LogP contribution in [0.5, 0.6) is 0 Å². The van der Waals surface area contributed by atoms with Crippen LogP contribution in [-0.4, -0.2) is 10.1 Å². The number of hydrogen-bond acceptors (Lipinski definition) is 2. The highest BCUT2D eigenvalue weighted by atomic mass is 35.5. The van der Waals surface area contributed by atoms with E-state index in [2.05, 4.69) is 11.9 Å². The van der Waals surface area contributed by atoms with E-state index in [0.717, 1.165) is 17.5 Å². The summed E-state index contributed by atoms with van der Waals surface area (Å²) in [5.41, 5.74) is 0.988. The van der Waals surface area contributed by atoms with Crippen LogP contribution in [0.2, 0.25) is 5.02 Å². The van der Waals surface area contributed by atoms with Gasteiger partial charge in [-0.2, -0.15) is 0 Å². The highest BCUT2D eigenvalue weighted by Gasteiger charge is 2.29. The summed E-state index contributed by atoms with van der Waals surface area (Å²) in [6.45, 7) is 2.07. The van der Waals surface area contributed by atoms with Crippen LogP contribution in [-0.2, 0) is 12.0 Å². The Morgan fingerprint density at radius 3 is 2.58 bits per heavy atom. The van der Waals surface area contributed by atoms with Crippen molar-refractivity contribution in [2.45, 2.75) is 31.8 Å². The molecule has 0 spiro atoms. The topological polar surface area (TPSA) is 33.1 Å². The van der Waals surface area contributed by atoms with Gasteiger partial charge in [-0.1, -0.05) is 55.3 Å². The van der Waals surface area contributed by atoms with Crippen LogP contribution in [0, 0.1) is 0 Å². The SMILES string of the molecule is CCCC(O)(Cc1ccncc1Cl)c1ccccc1. The molecule has 1 atom stereocenters. The molecular formula is C16H18ClNO. The van der Waals surface area contributed by atoms with E-state index in [4.69, 9.17) is 11.6 Å². The summed E-state index contributed by atoms with van der Waals surface area (Å²) >= 11 is 6.14. The van der Waals surface area contributed by atoms with Crippen LogP contribution >= 0.6 is 11.6 Å². The van der Waals surface area contributed by atoms with Crippen molar-refractivity contribution in [3.8, 4) is 0 Å². The molecule has 1 heterocycles. The molecule has 0 radical (unpaired) electrons. The lowest BCUT2D eigenvalue weighted by Gasteiger charge is -2.29. The number of pyridine rings is 1. The highest BCUT2D eigenvalue weighted by Crippen LogP contribution is 2.32. The smallest absolute Gasteiger partial charge is 0.0937 e. The fourth-order valence-electron chi connectivity index (χ4n) is 2.36. The number of aromatic nitrogens is 1. The first kappa shape index (κ1) is 14.0. The number of hydrogen-bond donors (Lipinski definition) is 1. The summed E-state index contributed by atoms with van der Waals surface area (Å²) in [6, 6.07) is 11.6. The molecule has 100 valence electrons. The third kappa shape index (κ3) is 3.34. The quantitative estimate of drug-likeness (QED) is 0.896. The average Bonchev–Trinajstić information content (AvgIpc) is 2.43. The van der Waals surface area contributed by atoms with Crippen molar-refractivity contribution in [3.63, 3.8) is 0 Å². The first-order valence-corrected chi connectivity index (χ1v) is 6.90. The molecule has 3 heteroatoms. The number of benzene rings is 1. The van der Waals surface area contributed by atoms with Crippen LogP contribution in [0.4, 0.5) is 0 Å².